The minimum absolute atomic E-state index is 0.103. The summed E-state index contributed by atoms with van der Waals surface area (Å²) in [5.41, 5.74) is 2.38. The van der Waals surface area contributed by atoms with Crippen LogP contribution in [0.5, 0.6) is 0 Å². The number of amides is 3. The zero-order chi connectivity index (χ0) is 22.1. The van der Waals surface area contributed by atoms with Crippen LogP contribution in [-0.4, -0.2) is 46.4 Å². The van der Waals surface area contributed by atoms with Crippen molar-refractivity contribution in [2.24, 2.45) is 0 Å². The molecule has 2 aliphatic rings. The number of benzene rings is 2. The number of fused-ring (bicyclic) bond motifs is 2. The van der Waals surface area contributed by atoms with Gasteiger partial charge >= 0.3 is 6.03 Å². The fraction of sp³-hybridized carbons (Fsp3) is 0.240. The van der Waals surface area contributed by atoms with Gasteiger partial charge in [0.05, 0.1) is 11.3 Å². The zero-order valence-electron chi connectivity index (χ0n) is 17.5. The summed E-state index contributed by atoms with van der Waals surface area (Å²) in [4.78, 5) is 34.9. The third-order valence-electron chi connectivity index (χ3n) is 6.30. The van der Waals surface area contributed by atoms with Crippen molar-refractivity contribution in [1.29, 1.82) is 0 Å². The molecule has 7 heteroatoms. The molecule has 1 fully saturated rings. The van der Waals surface area contributed by atoms with Crippen molar-refractivity contribution in [2.75, 3.05) is 19.6 Å². The van der Waals surface area contributed by atoms with Crippen LogP contribution < -0.4 is 5.32 Å². The van der Waals surface area contributed by atoms with Gasteiger partial charge < -0.3 is 10.2 Å². The van der Waals surface area contributed by atoms with Crippen LogP contribution >= 0.6 is 11.6 Å². The van der Waals surface area contributed by atoms with Crippen molar-refractivity contribution in [3.63, 3.8) is 0 Å². The molecule has 5 rings (SSSR count). The van der Waals surface area contributed by atoms with Crippen LogP contribution in [-0.2, 0) is 18.5 Å². The van der Waals surface area contributed by atoms with E-state index in [1.165, 1.54) is 0 Å². The number of nitrogens with one attached hydrogen (secondary N) is 1. The molecule has 0 aliphatic carbocycles. The standard InChI is InChI=1S/C25H23ClN4O2/c26-20-10-8-19(9-11-20)25-17-22-21(7-4-13-27-22)23(31)29(25)15-16-30(25)24(32)28-14-12-18-5-2-1-3-6-18/h1-11,13H,12,14-17H2,(H,28,32)/t25-/m1/s1. The highest BCUT2D eigenvalue weighted by atomic mass is 35.5. The Balaban J connectivity index is 1.48. The summed E-state index contributed by atoms with van der Waals surface area (Å²) in [6.07, 6.45) is 2.86. The molecule has 3 amide bonds. The van der Waals surface area contributed by atoms with Gasteiger partial charge in [0.15, 0.2) is 5.66 Å². The Labute approximate surface area is 191 Å². The van der Waals surface area contributed by atoms with E-state index in [2.05, 4.69) is 10.3 Å². The van der Waals surface area contributed by atoms with E-state index in [-0.39, 0.29) is 11.9 Å². The smallest absolute Gasteiger partial charge is 0.319 e. The fourth-order valence-corrected chi connectivity index (χ4v) is 4.91. The average Bonchev–Trinajstić information content (AvgIpc) is 3.21. The van der Waals surface area contributed by atoms with Crippen molar-refractivity contribution < 1.29 is 9.59 Å². The Kier molecular flexibility index (Phi) is 5.31. The first-order valence-electron chi connectivity index (χ1n) is 10.7. The SMILES string of the molecule is O=C(NCCc1ccccc1)N1CCN2C(=O)c3cccnc3C[C@]12c1ccc(Cl)cc1. The Hall–Kier alpha value is -3.38. The van der Waals surface area contributed by atoms with Crippen LogP contribution in [0.2, 0.25) is 5.02 Å². The molecule has 0 saturated carbocycles. The number of aromatic nitrogens is 1. The van der Waals surface area contributed by atoms with E-state index in [0.717, 1.165) is 17.5 Å². The minimum atomic E-state index is -0.931. The third kappa shape index (κ3) is 3.41. The average molecular weight is 447 g/mol. The second-order valence-electron chi connectivity index (χ2n) is 8.07. The number of urea groups is 1. The van der Waals surface area contributed by atoms with Crippen LogP contribution in [0, 0.1) is 0 Å². The first-order chi connectivity index (χ1) is 15.6. The molecule has 1 saturated heterocycles. The normalized spacial score (nSPS) is 19.5. The van der Waals surface area contributed by atoms with E-state index in [9.17, 15) is 9.59 Å². The highest BCUT2D eigenvalue weighted by molar-refractivity contribution is 6.30. The maximum atomic E-state index is 13.4. The van der Waals surface area contributed by atoms with Crippen molar-refractivity contribution >= 4 is 23.5 Å². The molecular formula is C25H23ClN4O2. The van der Waals surface area contributed by atoms with Gasteiger partial charge in [0.1, 0.15) is 0 Å². The van der Waals surface area contributed by atoms with Crippen LogP contribution in [0.4, 0.5) is 4.79 Å². The van der Waals surface area contributed by atoms with Gasteiger partial charge in [0.2, 0.25) is 0 Å². The highest BCUT2D eigenvalue weighted by Gasteiger charge is 2.56. The largest absolute Gasteiger partial charge is 0.338 e. The van der Waals surface area contributed by atoms with E-state index in [1.807, 2.05) is 42.5 Å². The van der Waals surface area contributed by atoms with Gasteiger partial charge in [0.25, 0.3) is 5.91 Å². The van der Waals surface area contributed by atoms with Crippen molar-refractivity contribution in [1.82, 2.24) is 20.1 Å². The second-order valence-corrected chi connectivity index (χ2v) is 8.51. The van der Waals surface area contributed by atoms with Gasteiger partial charge in [0, 0.05) is 37.3 Å². The highest BCUT2D eigenvalue weighted by Crippen LogP contribution is 2.44. The second kappa shape index (κ2) is 8.28. The third-order valence-corrected chi connectivity index (χ3v) is 6.56. The van der Waals surface area contributed by atoms with Crippen molar-refractivity contribution in [2.45, 2.75) is 18.5 Å². The summed E-state index contributed by atoms with van der Waals surface area (Å²) < 4.78 is 0. The van der Waals surface area contributed by atoms with E-state index < -0.39 is 5.66 Å². The molecular weight excluding hydrogens is 424 g/mol. The van der Waals surface area contributed by atoms with Crippen LogP contribution in [0.15, 0.2) is 72.9 Å². The zero-order valence-corrected chi connectivity index (χ0v) is 18.3. The van der Waals surface area contributed by atoms with Gasteiger partial charge in [-0.3, -0.25) is 14.7 Å². The van der Waals surface area contributed by atoms with Gasteiger partial charge in [-0.2, -0.15) is 0 Å². The molecule has 1 aromatic heterocycles. The van der Waals surface area contributed by atoms with Crippen LogP contribution in [0.25, 0.3) is 0 Å². The molecule has 3 aromatic rings. The topological polar surface area (TPSA) is 65.5 Å². The molecule has 2 aliphatic heterocycles. The number of carbonyl (C=O) groups excluding carboxylic acids is 2. The quantitative estimate of drug-likeness (QED) is 0.662. The van der Waals surface area contributed by atoms with E-state index in [0.29, 0.717) is 42.3 Å². The number of hydrogen-bond acceptors (Lipinski definition) is 3. The predicted octanol–water partition coefficient (Wildman–Crippen LogP) is 3.85. The summed E-state index contributed by atoms with van der Waals surface area (Å²) in [7, 11) is 0. The van der Waals surface area contributed by atoms with Gasteiger partial charge in [-0.1, -0.05) is 54.1 Å². The molecule has 1 atom stereocenters. The molecule has 3 heterocycles. The Bertz CT molecular complexity index is 1150. The Morgan fingerprint density at radius 2 is 1.81 bits per heavy atom. The molecule has 0 radical (unpaired) electrons. The Morgan fingerprint density at radius 3 is 2.59 bits per heavy atom. The first kappa shape index (κ1) is 20.5. The Morgan fingerprint density at radius 1 is 1.03 bits per heavy atom. The van der Waals surface area contributed by atoms with Gasteiger partial charge in [-0.15, -0.1) is 0 Å². The number of carbonyl (C=O) groups is 2. The molecule has 0 bridgehead atoms. The van der Waals surface area contributed by atoms with Crippen LogP contribution in [0.1, 0.15) is 27.2 Å². The lowest BCUT2D eigenvalue weighted by molar-refractivity contribution is 0.0195. The monoisotopic (exact) mass is 446 g/mol. The van der Waals surface area contributed by atoms with E-state index in [1.54, 1.807) is 40.3 Å². The molecule has 6 nitrogen and oxygen atoms in total. The molecule has 32 heavy (non-hydrogen) atoms. The molecule has 162 valence electrons. The van der Waals surface area contributed by atoms with E-state index >= 15 is 0 Å². The predicted molar refractivity (Wildman–Crippen MR) is 122 cm³/mol. The molecule has 1 N–H and O–H groups in total. The maximum absolute atomic E-state index is 13.4. The van der Waals surface area contributed by atoms with Gasteiger partial charge in [-0.25, -0.2) is 4.79 Å². The molecule has 0 unspecified atom stereocenters. The minimum Gasteiger partial charge on any atom is -0.338 e. The summed E-state index contributed by atoms with van der Waals surface area (Å²) in [6.45, 7) is 1.42. The lowest BCUT2D eigenvalue weighted by atomic mass is 9.86. The van der Waals surface area contributed by atoms with Crippen molar-refractivity contribution in [3.8, 4) is 0 Å². The number of nitrogens with zero attached hydrogens (tertiary/aromatic N) is 3. The first-order valence-corrected chi connectivity index (χ1v) is 11.1. The fourth-order valence-electron chi connectivity index (χ4n) is 4.78. The number of halogens is 1. The van der Waals surface area contributed by atoms with Gasteiger partial charge in [-0.05, 0) is 41.8 Å². The summed E-state index contributed by atoms with van der Waals surface area (Å²) in [6, 6.07) is 20.8. The summed E-state index contributed by atoms with van der Waals surface area (Å²) in [5, 5.41) is 3.66. The number of rotatable bonds is 4. The molecule has 0 spiro atoms. The molecule has 2 aromatic carbocycles. The lowest BCUT2D eigenvalue weighted by Gasteiger charge is -2.46. The number of hydrogen-bond donors (Lipinski definition) is 1. The lowest BCUT2D eigenvalue weighted by Crippen LogP contribution is -2.60. The van der Waals surface area contributed by atoms with Crippen molar-refractivity contribution in [3.05, 3.63) is 100 Å². The number of pyridine rings is 1. The van der Waals surface area contributed by atoms with Crippen LogP contribution in [0.3, 0.4) is 0 Å². The summed E-state index contributed by atoms with van der Waals surface area (Å²) >= 11 is 6.14. The maximum Gasteiger partial charge on any atom is 0.319 e. The summed E-state index contributed by atoms with van der Waals surface area (Å²) in [5.74, 6) is -0.103. The van der Waals surface area contributed by atoms with E-state index in [4.69, 9.17) is 11.6 Å².